The Hall–Kier alpha value is -0.870. The standard InChI is InChI=1S/C16H26N2OS/c1-5-12(6-2)10-18-14(13-8-9-20-11-13)17-16(4,7-3)15(18)19/h8-9,11-12,14,17H,5-7,10H2,1-4H3. The molecule has 0 aliphatic carbocycles. The van der Waals surface area contributed by atoms with Crippen LogP contribution in [0.2, 0.25) is 0 Å². The molecular formula is C16H26N2OS. The minimum Gasteiger partial charge on any atom is -0.321 e. The molecule has 1 saturated heterocycles. The first-order valence-corrected chi connectivity index (χ1v) is 8.60. The number of carbonyl (C=O) groups excluding carboxylic acids is 1. The average molecular weight is 294 g/mol. The minimum atomic E-state index is -0.418. The summed E-state index contributed by atoms with van der Waals surface area (Å²) in [5, 5.41) is 7.78. The van der Waals surface area contributed by atoms with E-state index in [9.17, 15) is 4.79 Å². The summed E-state index contributed by atoms with van der Waals surface area (Å²) in [7, 11) is 0. The third-order valence-corrected chi connectivity index (χ3v) is 5.38. The molecule has 0 radical (unpaired) electrons. The molecule has 0 saturated carbocycles. The highest BCUT2D eigenvalue weighted by Crippen LogP contribution is 2.34. The monoisotopic (exact) mass is 294 g/mol. The third kappa shape index (κ3) is 2.77. The Balaban J connectivity index is 2.26. The number of amides is 1. The Morgan fingerprint density at radius 3 is 2.60 bits per heavy atom. The van der Waals surface area contributed by atoms with Gasteiger partial charge in [0, 0.05) is 6.54 Å². The van der Waals surface area contributed by atoms with Crippen LogP contribution in [0.5, 0.6) is 0 Å². The predicted octanol–water partition coefficient (Wildman–Crippen LogP) is 3.78. The van der Waals surface area contributed by atoms with E-state index in [0.29, 0.717) is 5.92 Å². The molecule has 1 aliphatic rings. The Bertz CT molecular complexity index is 441. The van der Waals surface area contributed by atoms with Crippen LogP contribution in [0.4, 0.5) is 0 Å². The summed E-state index contributed by atoms with van der Waals surface area (Å²) in [6, 6.07) is 2.12. The molecule has 112 valence electrons. The minimum absolute atomic E-state index is 0.0410. The van der Waals surface area contributed by atoms with Crippen molar-refractivity contribution in [1.29, 1.82) is 0 Å². The second kappa shape index (κ2) is 6.27. The van der Waals surface area contributed by atoms with Crippen LogP contribution in [0.3, 0.4) is 0 Å². The van der Waals surface area contributed by atoms with Crippen LogP contribution in [0.1, 0.15) is 58.7 Å². The van der Waals surface area contributed by atoms with Crippen LogP contribution < -0.4 is 5.32 Å². The molecule has 1 aromatic rings. The Morgan fingerprint density at radius 1 is 1.40 bits per heavy atom. The van der Waals surface area contributed by atoms with Gasteiger partial charge in [0.2, 0.25) is 5.91 Å². The van der Waals surface area contributed by atoms with E-state index in [-0.39, 0.29) is 12.1 Å². The maximum Gasteiger partial charge on any atom is 0.244 e. The zero-order valence-corrected chi connectivity index (χ0v) is 13.8. The molecular weight excluding hydrogens is 268 g/mol. The van der Waals surface area contributed by atoms with E-state index in [1.165, 1.54) is 5.56 Å². The number of rotatable bonds is 6. The maximum atomic E-state index is 12.8. The van der Waals surface area contributed by atoms with Crippen LogP contribution in [-0.2, 0) is 4.79 Å². The van der Waals surface area contributed by atoms with Gasteiger partial charge in [-0.25, -0.2) is 0 Å². The van der Waals surface area contributed by atoms with Crippen molar-refractivity contribution < 1.29 is 4.79 Å². The van der Waals surface area contributed by atoms with Crippen molar-refractivity contribution in [2.45, 2.75) is 58.7 Å². The number of carbonyl (C=O) groups is 1. The molecule has 1 aliphatic heterocycles. The van der Waals surface area contributed by atoms with Crippen molar-refractivity contribution in [1.82, 2.24) is 10.2 Å². The van der Waals surface area contributed by atoms with Gasteiger partial charge in [-0.2, -0.15) is 11.3 Å². The topological polar surface area (TPSA) is 32.3 Å². The van der Waals surface area contributed by atoms with Gasteiger partial charge in [-0.1, -0.05) is 33.6 Å². The zero-order chi connectivity index (χ0) is 14.8. The van der Waals surface area contributed by atoms with Gasteiger partial charge in [-0.05, 0) is 41.7 Å². The molecule has 1 amide bonds. The van der Waals surface area contributed by atoms with E-state index >= 15 is 0 Å². The van der Waals surface area contributed by atoms with Crippen molar-refractivity contribution in [3.05, 3.63) is 22.4 Å². The van der Waals surface area contributed by atoms with Crippen LogP contribution >= 0.6 is 11.3 Å². The fourth-order valence-corrected chi connectivity index (χ4v) is 3.52. The van der Waals surface area contributed by atoms with Gasteiger partial charge in [0.05, 0.1) is 5.54 Å². The average Bonchev–Trinajstić information content (AvgIpc) is 3.06. The lowest BCUT2D eigenvalue weighted by Gasteiger charge is -2.27. The van der Waals surface area contributed by atoms with Gasteiger partial charge in [0.1, 0.15) is 6.17 Å². The van der Waals surface area contributed by atoms with Crippen molar-refractivity contribution in [3.8, 4) is 0 Å². The molecule has 1 aromatic heterocycles. The van der Waals surface area contributed by atoms with Crippen molar-refractivity contribution in [2.24, 2.45) is 5.92 Å². The van der Waals surface area contributed by atoms with E-state index in [0.717, 1.165) is 25.8 Å². The lowest BCUT2D eigenvalue weighted by Crippen LogP contribution is -2.43. The molecule has 1 N–H and O–H groups in total. The van der Waals surface area contributed by atoms with Gasteiger partial charge in [-0.3, -0.25) is 10.1 Å². The third-order valence-electron chi connectivity index (χ3n) is 4.68. The van der Waals surface area contributed by atoms with Gasteiger partial charge < -0.3 is 4.90 Å². The molecule has 2 unspecified atom stereocenters. The Kier molecular flexibility index (Phi) is 4.86. The molecule has 3 nitrogen and oxygen atoms in total. The number of hydrogen-bond donors (Lipinski definition) is 1. The highest BCUT2D eigenvalue weighted by Gasteiger charge is 2.47. The SMILES string of the molecule is CCC(CC)CN1C(=O)C(C)(CC)NC1c1ccsc1. The first-order chi connectivity index (χ1) is 9.55. The van der Waals surface area contributed by atoms with Gasteiger partial charge in [0.25, 0.3) is 0 Å². The Labute approximate surface area is 126 Å². The quantitative estimate of drug-likeness (QED) is 0.866. The summed E-state index contributed by atoms with van der Waals surface area (Å²) >= 11 is 1.69. The number of nitrogens with zero attached hydrogens (tertiary/aromatic N) is 1. The molecule has 0 aromatic carbocycles. The lowest BCUT2D eigenvalue weighted by atomic mass is 9.98. The highest BCUT2D eigenvalue weighted by atomic mass is 32.1. The second-order valence-corrected chi connectivity index (χ2v) is 6.71. The zero-order valence-electron chi connectivity index (χ0n) is 13.0. The fourth-order valence-electron chi connectivity index (χ4n) is 2.84. The fraction of sp³-hybridized carbons (Fsp3) is 0.688. The van der Waals surface area contributed by atoms with E-state index in [1.807, 2.05) is 6.92 Å². The summed E-state index contributed by atoms with van der Waals surface area (Å²) < 4.78 is 0. The summed E-state index contributed by atoms with van der Waals surface area (Å²) in [6.45, 7) is 9.38. The predicted molar refractivity (Wildman–Crippen MR) is 84.7 cm³/mol. The van der Waals surface area contributed by atoms with E-state index < -0.39 is 5.54 Å². The summed E-state index contributed by atoms with van der Waals surface area (Å²) in [4.78, 5) is 14.9. The highest BCUT2D eigenvalue weighted by molar-refractivity contribution is 7.07. The number of nitrogens with one attached hydrogen (secondary N) is 1. The molecule has 0 spiro atoms. The summed E-state index contributed by atoms with van der Waals surface area (Å²) in [5.74, 6) is 0.837. The molecule has 1 fully saturated rings. The number of hydrogen-bond acceptors (Lipinski definition) is 3. The first-order valence-electron chi connectivity index (χ1n) is 7.66. The largest absolute Gasteiger partial charge is 0.321 e. The summed E-state index contributed by atoms with van der Waals surface area (Å²) in [6.07, 6.45) is 3.12. The molecule has 2 atom stereocenters. The molecule has 20 heavy (non-hydrogen) atoms. The normalized spacial score (nSPS) is 26.8. The van der Waals surface area contributed by atoms with E-state index in [4.69, 9.17) is 0 Å². The summed E-state index contributed by atoms with van der Waals surface area (Å²) in [5.41, 5.74) is 0.796. The second-order valence-electron chi connectivity index (χ2n) is 5.93. The first kappa shape index (κ1) is 15.5. The molecule has 0 bridgehead atoms. The van der Waals surface area contributed by atoms with Gasteiger partial charge in [0.15, 0.2) is 0 Å². The maximum absolute atomic E-state index is 12.8. The lowest BCUT2D eigenvalue weighted by molar-refractivity contribution is -0.133. The van der Waals surface area contributed by atoms with E-state index in [2.05, 4.69) is 47.8 Å². The number of thiophene rings is 1. The van der Waals surface area contributed by atoms with Crippen molar-refractivity contribution in [2.75, 3.05) is 6.54 Å². The van der Waals surface area contributed by atoms with Crippen LogP contribution in [0.15, 0.2) is 16.8 Å². The van der Waals surface area contributed by atoms with Gasteiger partial charge >= 0.3 is 0 Å². The van der Waals surface area contributed by atoms with Crippen molar-refractivity contribution in [3.63, 3.8) is 0 Å². The molecule has 2 rings (SSSR count). The Morgan fingerprint density at radius 2 is 2.10 bits per heavy atom. The van der Waals surface area contributed by atoms with Crippen LogP contribution in [0, 0.1) is 5.92 Å². The smallest absolute Gasteiger partial charge is 0.244 e. The van der Waals surface area contributed by atoms with Crippen molar-refractivity contribution >= 4 is 17.2 Å². The molecule has 2 heterocycles. The molecule has 4 heteroatoms. The van der Waals surface area contributed by atoms with Crippen LogP contribution in [0.25, 0.3) is 0 Å². The van der Waals surface area contributed by atoms with E-state index in [1.54, 1.807) is 11.3 Å². The van der Waals surface area contributed by atoms with Crippen LogP contribution in [-0.4, -0.2) is 22.9 Å². The van der Waals surface area contributed by atoms with Gasteiger partial charge in [-0.15, -0.1) is 0 Å².